The van der Waals surface area contributed by atoms with E-state index in [4.69, 9.17) is 22.1 Å². The lowest BCUT2D eigenvalue weighted by atomic mass is 10.1. The van der Waals surface area contributed by atoms with Crippen LogP contribution in [-0.4, -0.2) is 16.4 Å². The summed E-state index contributed by atoms with van der Waals surface area (Å²) < 4.78 is 7.27. The third-order valence-electron chi connectivity index (χ3n) is 2.91. The summed E-state index contributed by atoms with van der Waals surface area (Å²) in [5.41, 5.74) is 8.95. The van der Waals surface area contributed by atoms with Crippen molar-refractivity contribution in [3.8, 4) is 5.69 Å². The largest absolute Gasteiger partial charge is 0.382 e. The van der Waals surface area contributed by atoms with E-state index in [-0.39, 0.29) is 0 Å². The molecule has 0 atom stereocenters. The molecule has 4 nitrogen and oxygen atoms in total. The Kier molecular flexibility index (Phi) is 2.53. The van der Waals surface area contributed by atoms with Crippen LogP contribution in [0.15, 0.2) is 24.3 Å². The Labute approximate surface area is 104 Å². The van der Waals surface area contributed by atoms with Crippen molar-refractivity contribution in [1.82, 2.24) is 9.78 Å². The van der Waals surface area contributed by atoms with E-state index in [1.165, 1.54) is 0 Å². The Hall–Kier alpha value is -1.52. The third kappa shape index (κ3) is 1.79. The first kappa shape index (κ1) is 10.6. The summed E-state index contributed by atoms with van der Waals surface area (Å²) in [5, 5.41) is 5.04. The molecule has 5 heteroatoms. The third-order valence-corrected chi connectivity index (χ3v) is 3.14. The van der Waals surface area contributed by atoms with Crippen molar-refractivity contribution in [3.63, 3.8) is 0 Å². The number of fused-ring (bicyclic) bond motifs is 1. The van der Waals surface area contributed by atoms with Crippen molar-refractivity contribution in [3.05, 3.63) is 40.5 Å². The SMILES string of the molecule is Nc1nn(-c2cccc(Cl)c2)c2c1CCOC2. The van der Waals surface area contributed by atoms with E-state index >= 15 is 0 Å². The van der Waals surface area contributed by atoms with E-state index in [9.17, 15) is 0 Å². The fraction of sp³-hybridized carbons (Fsp3) is 0.250. The average Bonchev–Trinajstić information content (AvgIpc) is 2.68. The number of rotatable bonds is 1. The molecular weight excluding hydrogens is 238 g/mol. The summed E-state index contributed by atoms with van der Waals surface area (Å²) in [7, 11) is 0. The topological polar surface area (TPSA) is 53.1 Å². The van der Waals surface area contributed by atoms with E-state index in [0.717, 1.165) is 23.4 Å². The molecule has 0 bridgehead atoms. The van der Waals surface area contributed by atoms with Gasteiger partial charge in [0.1, 0.15) is 5.82 Å². The minimum atomic E-state index is 0.548. The lowest BCUT2D eigenvalue weighted by Gasteiger charge is -2.14. The Balaban J connectivity index is 2.15. The molecule has 0 saturated carbocycles. The van der Waals surface area contributed by atoms with Crippen LogP contribution in [0, 0.1) is 0 Å². The first-order valence-corrected chi connectivity index (χ1v) is 5.83. The van der Waals surface area contributed by atoms with Gasteiger partial charge in [0.25, 0.3) is 0 Å². The van der Waals surface area contributed by atoms with E-state index in [0.29, 0.717) is 24.1 Å². The van der Waals surface area contributed by atoms with Gasteiger partial charge in [0.2, 0.25) is 0 Å². The van der Waals surface area contributed by atoms with Gasteiger partial charge in [0.15, 0.2) is 0 Å². The van der Waals surface area contributed by atoms with Gasteiger partial charge < -0.3 is 10.5 Å². The van der Waals surface area contributed by atoms with E-state index in [2.05, 4.69) is 5.10 Å². The summed E-state index contributed by atoms with van der Waals surface area (Å²) in [5.74, 6) is 0.586. The molecule has 1 aliphatic heterocycles. The van der Waals surface area contributed by atoms with Crippen LogP contribution in [0.3, 0.4) is 0 Å². The first-order valence-electron chi connectivity index (χ1n) is 5.45. The van der Waals surface area contributed by atoms with Crippen LogP contribution in [0.5, 0.6) is 0 Å². The van der Waals surface area contributed by atoms with Gasteiger partial charge in [-0.05, 0) is 18.2 Å². The van der Waals surface area contributed by atoms with E-state index < -0.39 is 0 Å². The quantitative estimate of drug-likeness (QED) is 0.843. The molecule has 1 aromatic heterocycles. The fourth-order valence-corrected chi connectivity index (χ4v) is 2.27. The second-order valence-corrected chi connectivity index (χ2v) is 4.44. The minimum absolute atomic E-state index is 0.548. The Morgan fingerprint density at radius 3 is 3.12 bits per heavy atom. The zero-order valence-electron chi connectivity index (χ0n) is 9.19. The van der Waals surface area contributed by atoms with Crippen LogP contribution in [0.1, 0.15) is 11.3 Å². The number of nitrogen functional groups attached to an aromatic ring is 1. The van der Waals surface area contributed by atoms with Crippen LogP contribution in [-0.2, 0) is 17.8 Å². The number of hydrogen-bond acceptors (Lipinski definition) is 3. The molecule has 0 fully saturated rings. The van der Waals surface area contributed by atoms with E-state index in [1.54, 1.807) is 0 Å². The Morgan fingerprint density at radius 1 is 1.41 bits per heavy atom. The molecule has 1 aromatic carbocycles. The number of hydrogen-bond donors (Lipinski definition) is 1. The van der Waals surface area contributed by atoms with Crippen LogP contribution < -0.4 is 5.73 Å². The molecule has 1 aliphatic rings. The highest BCUT2D eigenvalue weighted by Gasteiger charge is 2.20. The fourth-order valence-electron chi connectivity index (χ4n) is 2.09. The maximum Gasteiger partial charge on any atom is 0.149 e. The van der Waals surface area contributed by atoms with Gasteiger partial charge in [-0.15, -0.1) is 0 Å². The van der Waals surface area contributed by atoms with Gasteiger partial charge in [-0.3, -0.25) is 0 Å². The van der Waals surface area contributed by atoms with E-state index in [1.807, 2.05) is 28.9 Å². The summed E-state index contributed by atoms with van der Waals surface area (Å²) >= 11 is 5.98. The summed E-state index contributed by atoms with van der Waals surface area (Å²) in [6.45, 7) is 1.25. The monoisotopic (exact) mass is 249 g/mol. The molecule has 0 radical (unpaired) electrons. The first-order chi connectivity index (χ1) is 8.25. The zero-order valence-corrected chi connectivity index (χ0v) is 9.94. The van der Waals surface area contributed by atoms with Crippen LogP contribution in [0.25, 0.3) is 5.69 Å². The van der Waals surface area contributed by atoms with Gasteiger partial charge in [0, 0.05) is 17.0 Å². The maximum absolute atomic E-state index is 5.98. The number of aromatic nitrogens is 2. The second kappa shape index (κ2) is 4.05. The van der Waals surface area contributed by atoms with Crippen molar-refractivity contribution in [2.75, 3.05) is 12.3 Å². The van der Waals surface area contributed by atoms with Crippen molar-refractivity contribution in [2.24, 2.45) is 0 Å². The standard InChI is InChI=1S/C12H12ClN3O/c13-8-2-1-3-9(6-8)16-11-7-17-5-4-10(11)12(14)15-16/h1-3,6H,4-5,7H2,(H2,14,15). The molecule has 88 valence electrons. The van der Waals surface area contributed by atoms with Gasteiger partial charge >= 0.3 is 0 Å². The number of halogens is 1. The molecule has 0 unspecified atom stereocenters. The lowest BCUT2D eigenvalue weighted by Crippen LogP contribution is -2.12. The van der Waals surface area contributed by atoms with Gasteiger partial charge in [-0.1, -0.05) is 17.7 Å². The predicted molar refractivity (Wildman–Crippen MR) is 66.3 cm³/mol. The molecule has 0 spiro atoms. The molecule has 3 rings (SSSR count). The molecule has 0 aliphatic carbocycles. The molecule has 0 saturated heterocycles. The molecule has 2 aromatic rings. The minimum Gasteiger partial charge on any atom is -0.382 e. The van der Waals surface area contributed by atoms with Crippen molar-refractivity contribution in [2.45, 2.75) is 13.0 Å². The molecular formula is C12H12ClN3O. The van der Waals surface area contributed by atoms with Crippen molar-refractivity contribution >= 4 is 17.4 Å². The lowest BCUT2D eigenvalue weighted by molar-refractivity contribution is 0.106. The van der Waals surface area contributed by atoms with Crippen LogP contribution in [0.2, 0.25) is 5.02 Å². The van der Waals surface area contributed by atoms with Crippen LogP contribution in [0.4, 0.5) is 5.82 Å². The number of benzene rings is 1. The number of nitrogens with zero attached hydrogens (tertiary/aromatic N) is 2. The molecule has 2 heterocycles. The molecule has 0 amide bonds. The van der Waals surface area contributed by atoms with Crippen molar-refractivity contribution < 1.29 is 4.74 Å². The smallest absolute Gasteiger partial charge is 0.149 e. The summed E-state index contributed by atoms with van der Waals surface area (Å²) in [4.78, 5) is 0. The predicted octanol–water partition coefficient (Wildman–Crippen LogP) is 2.18. The Bertz CT molecular complexity index is 565. The van der Waals surface area contributed by atoms with Gasteiger partial charge in [0.05, 0.1) is 24.6 Å². The Morgan fingerprint density at radius 2 is 2.29 bits per heavy atom. The van der Waals surface area contributed by atoms with Gasteiger partial charge in [-0.25, -0.2) is 4.68 Å². The highest BCUT2D eigenvalue weighted by atomic mass is 35.5. The highest BCUT2D eigenvalue weighted by Crippen LogP contribution is 2.26. The number of nitrogens with two attached hydrogens (primary N) is 1. The van der Waals surface area contributed by atoms with Crippen LogP contribution >= 0.6 is 11.6 Å². The normalized spacial score (nSPS) is 14.6. The summed E-state index contributed by atoms with van der Waals surface area (Å²) in [6.07, 6.45) is 0.821. The average molecular weight is 250 g/mol. The number of ether oxygens (including phenoxy) is 1. The molecule has 17 heavy (non-hydrogen) atoms. The molecule has 2 N–H and O–H groups in total. The highest BCUT2D eigenvalue weighted by molar-refractivity contribution is 6.30. The maximum atomic E-state index is 5.98. The van der Waals surface area contributed by atoms with Gasteiger partial charge in [-0.2, -0.15) is 5.10 Å². The second-order valence-electron chi connectivity index (χ2n) is 4.00. The summed E-state index contributed by atoms with van der Waals surface area (Å²) in [6, 6.07) is 7.54. The van der Waals surface area contributed by atoms with Crippen molar-refractivity contribution in [1.29, 1.82) is 0 Å². The zero-order chi connectivity index (χ0) is 11.8. The number of anilines is 1.